The zero-order valence-electron chi connectivity index (χ0n) is 6.29. The van der Waals surface area contributed by atoms with E-state index in [1.807, 2.05) is 0 Å². The van der Waals surface area contributed by atoms with Crippen molar-refractivity contribution in [3.63, 3.8) is 0 Å². The Morgan fingerprint density at radius 3 is 3.00 bits per heavy atom. The third-order valence-electron chi connectivity index (χ3n) is 2.68. The van der Waals surface area contributed by atoms with E-state index in [9.17, 15) is 5.11 Å². The SMILES string of the molecule is O[C@@H]1C[C@H]2CCCN(C1)C2. The van der Waals surface area contributed by atoms with Gasteiger partial charge in [0, 0.05) is 13.1 Å². The molecular formula is C8H15NO. The van der Waals surface area contributed by atoms with Crippen LogP contribution >= 0.6 is 0 Å². The van der Waals surface area contributed by atoms with Gasteiger partial charge in [0.1, 0.15) is 0 Å². The fourth-order valence-electron chi connectivity index (χ4n) is 2.27. The van der Waals surface area contributed by atoms with Crippen LogP contribution in [0.15, 0.2) is 0 Å². The van der Waals surface area contributed by atoms with E-state index >= 15 is 0 Å². The van der Waals surface area contributed by atoms with Crippen molar-refractivity contribution >= 4 is 0 Å². The quantitative estimate of drug-likeness (QED) is 0.530. The molecule has 1 N–H and O–H groups in total. The van der Waals surface area contributed by atoms with E-state index in [4.69, 9.17) is 0 Å². The van der Waals surface area contributed by atoms with Crippen molar-refractivity contribution in [1.29, 1.82) is 0 Å². The number of nitrogens with zero attached hydrogens (tertiary/aromatic N) is 1. The first-order valence-corrected chi connectivity index (χ1v) is 4.25. The molecule has 2 nitrogen and oxygen atoms in total. The topological polar surface area (TPSA) is 23.5 Å². The molecule has 2 heteroatoms. The normalized spacial score (nSPS) is 47.1. The molecule has 58 valence electrons. The van der Waals surface area contributed by atoms with Gasteiger partial charge in [0.2, 0.25) is 0 Å². The minimum Gasteiger partial charge on any atom is -0.392 e. The van der Waals surface area contributed by atoms with Crippen molar-refractivity contribution in [3.05, 3.63) is 0 Å². The molecule has 2 aliphatic heterocycles. The van der Waals surface area contributed by atoms with Crippen LogP contribution in [0.4, 0.5) is 0 Å². The van der Waals surface area contributed by atoms with E-state index in [2.05, 4.69) is 4.90 Å². The molecule has 2 aliphatic rings. The van der Waals surface area contributed by atoms with Crippen molar-refractivity contribution in [2.24, 2.45) is 5.92 Å². The maximum absolute atomic E-state index is 9.37. The fourth-order valence-corrected chi connectivity index (χ4v) is 2.27. The minimum absolute atomic E-state index is 0.0287. The van der Waals surface area contributed by atoms with Crippen molar-refractivity contribution in [2.45, 2.75) is 25.4 Å². The van der Waals surface area contributed by atoms with E-state index in [0.717, 1.165) is 18.9 Å². The Kier molecular flexibility index (Phi) is 1.66. The summed E-state index contributed by atoms with van der Waals surface area (Å²) < 4.78 is 0. The van der Waals surface area contributed by atoms with Crippen molar-refractivity contribution in [2.75, 3.05) is 19.6 Å². The lowest BCUT2D eigenvalue weighted by Gasteiger charge is -2.39. The maximum Gasteiger partial charge on any atom is 0.0670 e. The van der Waals surface area contributed by atoms with Gasteiger partial charge < -0.3 is 10.0 Å². The third kappa shape index (κ3) is 1.18. The van der Waals surface area contributed by atoms with Crippen LogP contribution in [-0.2, 0) is 0 Å². The highest BCUT2D eigenvalue weighted by Crippen LogP contribution is 2.25. The van der Waals surface area contributed by atoms with E-state index in [1.165, 1.54) is 25.9 Å². The van der Waals surface area contributed by atoms with Gasteiger partial charge in [-0.15, -0.1) is 0 Å². The molecule has 0 aromatic rings. The van der Waals surface area contributed by atoms with Crippen LogP contribution in [0.25, 0.3) is 0 Å². The molecule has 2 bridgehead atoms. The van der Waals surface area contributed by atoms with Crippen LogP contribution in [0, 0.1) is 5.92 Å². The summed E-state index contributed by atoms with van der Waals surface area (Å²) in [6.45, 7) is 3.39. The summed E-state index contributed by atoms with van der Waals surface area (Å²) >= 11 is 0. The lowest BCUT2D eigenvalue weighted by atomic mass is 9.88. The second-order valence-electron chi connectivity index (χ2n) is 3.66. The highest BCUT2D eigenvalue weighted by atomic mass is 16.3. The molecule has 3 atom stereocenters. The molecule has 10 heavy (non-hydrogen) atoms. The molecule has 0 aromatic heterocycles. The van der Waals surface area contributed by atoms with Crippen LogP contribution in [0.1, 0.15) is 19.3 Å². The Balaban J connectivity index is 1.98. The van der Waals surface area contributed by atoms with Gasteiger partial charge in [-0.1, -0.05) is 0 Å². The summed E-state index contributed by atoms with van der Waals surface area (Å²) in [5.74, 6) is 0.803. The first-order valence-electron chi connectivity index (χ1n) is 4.25. The largest absolute Gasteiger partial charge is 0.392 e. The molecule has 0 aromatic carbocycles. The number of rotatable bonds is 0. The summed E-state index contributed by atoms with van der Waals surface area (Å²) in [6.07, 6.45) is 3.71. The molecule has 2 rings (SSSR count). The molecule has 0 radical (unpaired) electrons. The average Bonchev–Trinajstić information content (AvgIpc) is 1.85. The smallest absolute Gasteiger partial charge is 0.0670 e. The lowest BCUT2D eigenvalue weighted by molar-refractivity contribution is 0.0161. The second kappa shape index (κ2) is 2.51. The van der Waals surface area contributed by atoms with E-state index in [1.54, 1.807) is 0 Å². The van der Waals surface area contributed by atoms with Crippen LogP contribution in [0.2, 0.25) is 0 Å². The fraction of sp³-hybridized carbons (Fsp3) is 1.00. The molecule has 2 saturated heterocycles. The standard InChI is InChI=1S/C8H15NO/c10-8-4-7-2-1-3-9(5-7)6-8/h7-8,10H,1-6H2/t7-,8-/m1/s1. The van der Waals surface area contributed by atoms with E-state index in [-0.39, 0.29) is 6.10 Å². The Hall–Kier alpha value is -0.0800. The summed E-state index contributed by atoms with van der Waals surface area (Å²) in [7, 11) is 0. The van der Waals surface area contributed by atoms with E-state index in [0.29, 0.717) is 0 Å². The van der Waals surface area contributed by atoms with Crippen molar-refractivity contribution in [3.8, 4) is 0 Å². The van der Waals surface area contributed by atoms with Gasteiger partial charge in [-0.2, -0.15) is 0 Å². The van der Waals surface area contributed by atoms with Crippen LogP contribution in [0.3, 0.4) is 0 Å². The summed E-state index contributed by atoms with van der Waals surface area (Å²) in [5.41, 5.74) is 0. The molecule has 1 unspecified atom stereocenters. The van der Waals surface area contributed by atoms with Gasteiger partial charge in [0.25, 0.3) is 0 Å². The van der Waals surface area contributed by atoms with Crippen LogP contribution < -0.4 is 0 Å². The van der Waals surface area contributed by atoms with Gasteiger partial charge in [-0.05, 0) is 31.7 Å². The van der Waals surface area contributed by atoms with Crippen LogP contribution in [-0.4, -0.2) is 35.7 Å². The predicted octanol–water partition coefficient (Wildman–Crippen LogP) is 0.463. The lowest BCUT2D eigenvalue weighted by Crippen LogP contribution is -2.46. The zero-order chi connectivity index (χ0) is 6.97. The molecule has 0 spiro atoms. The van der Waals surface area contributed by atoms with Gasteiger partial charge >= 0.3 is 0 Å². The highest BCUT2D eigenvalue weighted by Gasteiger charge is 2.28. The molecule has 2 heterocycles. The van der Waals surface area contributed by atoms with E-state index < -0.39 is 0 Å². The second-order valence-corrected chi connectivity index (χ2v) is 3.66. The summed E-state index contributed by atoms with van der Waals surface area (Å²) in [4.78, 5) is 2.39. The number of hydrogen-bond donors (Lipinski definition) is 1. The Morgan fingerprint density at radius 1 is 1.30 bits per heavy atom. The highest BCUT2D eigenvalue weighted by molar-refractivity contribution is 4.82. The Labute approximate surface area is 61.8 Å². The predicted molar refractivity (Wildman–Crippen MR) is 39.8 cm³/mol. The average molecular weight is 141 g/mol. The number of aliphatic hydroxyl groups is 1. The number of piperidine rings is 2. The molecule has 0 saturated carbocycles. The summed E-state index contributed by atoms with van der Waals surface area (Å²) in [6, 6.07) is 0. The first-order chi connectivity index (χ1) is 4.84. The monoisotopic (exact) mass is 141 g/mol. The van der Waals surface area contributed by atoms with Crippen molar-refractivity contribution in [1.82, 2.24) is 4.90 Å². The number of fused-ring (bicyclic) bond motifs is 2. The molecular weight excluding hydrogens is 126 g/mol. The third-order valence-corrected chi connectivity index (χ3v) is 2.68. The Bertz CT molecular complexity index is 110. The Morgan fingerprint density at radius 2 is 2.20 bits per heavy atom. The first kappa shape index (κ1) is 6.62. The number of aliphatic hydroxyl groups excluding tert-OH is 1. The maximum atomic E-state index is 9.37. The molecule has 0 aliphatic carbocycles. The summed E-state index contributed by atoms with van der Waals surface area (Å²) in [5, 5.41) is 9.37. The molecule has 0 amide bonds. The number of hydrogen-bond acceptors (Lipinski definition) is 2. The van der Waals surface area contributed by atoms with Gasteiger partial charge in [-0.3, -0.25) is 0 Å². The zero-order valence-corrected chi connectivity index (χ0v) is 6.29. The van der Waals surface area contributed by atoms with Crippen LogP contribution in [0.5, 0.6) is 0 Å². The minimum atomic E-state index is -0.0287. The van der Waals surface area contributed by atoms with Gasteiger partial charge in [0.15, 0.2) is 0 Å². The van der Waals surface area contributed by atoms with Gasteiger partial charge in [-0.25, -0.2) is 0 Å². The molecule has 2 fully saturated rings. The van der Waals surface area contributed by atoms with Gasteiger partial charge in [0.05, 0.1) is 6.10 Å². The van der Waals surface area contributed by atoms with Crippen molar-refractivity contribution < 1.29 is 5.11 Å².